The summed E-state index contributed by atoms with van der Waals surface area (Å²) < 4.78 is 0. The van der Waals surface area contributed by atoms with Crippen molar-refractivity contribution in [1.82, 2.24) is 4.98 Å². The monoisotopic (exact) mass is 307 g/mol. The van der Waals surface area contributed by atoms with E-state index in [0.29, 0.717) is 6.54 Å². The largest absolute Gasteiger partial charge is 0.399 e. The van der Waals surface area contributed by atoms with E-state index in [1.54, 1.807) is 0 Å². The normalized spacial score (nSPS) is 8.50. The highest BCUT2D eigenvalue weighted by Crippen LogP contribution is 2.19. The molecule has 1 aromatic carbocycles. The molecule has 18 heavy (non-hydrogen) atoms. The maximum absolute atomic E-state index is 5.62. The Balaban J connectivity index is 0. The molecule has 4 N–H and O–H groups in total. The molecule has 3 nitrogen and oxygen atoms in total. The maximum Gasteiger partial charge on any atom is 0.0539 e. The van der Waals surface area contributed by atoms with Gasteiger partial charge in [0, 0.05) is 24.0 Å². The van der Waals surface area contributed by atoms with Gasteiger partial charge < -0.3 is 11.5 Å². The van der Waals surface area contributed by atoms with Crippen LogP contribution in [-0.4, -0.2) is 4.98 Å². The van der Waals surface area contributed by atoms with Gasteiger partial charge in [-0.05, 0) is 23.8 Å². The summed E-state index contributed by atoms with van der Waals surface area (Å²) in [5, 5.41) is 0. The maximum atomic E-state index is 5.62. The van der Waals surface area contributed by atoms with Crippen LogP contribution in [0.3, 0.4) is 0 Å². The number of rotatable bonds is 2. The van der Waals surface area contributed by atoms with Crippen molar-refractivity contribution in [1.29, 1.82) is 0 Å². The summed E-state index contributed by atoms with van der Waals surface area (Å²) in [7, 11) is 0. The fourth-order valence-electron chi connectivity index (χ4n) is 1.39. The molecule has 0 unspecified atom stereocenters. The highest BCUT2D eigenvalue weighted by atomic mass is 35.5. The van der Waals surface area contributed by atoms with Gasteiger partial charge in [0.15, 0.2) is 0 Å². The van der Waals surface area contributed by atoms with Crippen molar-refractivity contribution in [3.05, 3.63) is 48.3 Å². The van der Waals surface area contributed by atoms with Crippen molar-refractivity contribution in [2.24, 2.45) is 5.73 Å². The van der Waals surface area contributed by atoms with E-state index < -0.39 is 0 Å². The SMILES string of the molecule is Cl.Cl.Cl.NCc1ccc(-c2ccc(N)cc2)cn1. The molecule has 2 rings (SSSR count). The van der Waals surface area contributed by atoms with Crippen LogP contribution >= 0.6 is 37.2 Å². The van der Waals surface area contributed by atoms with E-state index in [0.717, 1.165) is 22.5 Å². The Morgan fingerprint density at radius 2 is 1.39 bits per heavy atom. The number of nitrogens with two attached hydrogens (primary N) is 2. The molecule has 0 radical (unpaired) electrons. The van der Waals surface area contributed by atoms with E-state index in [1.165, 1.54) is 0 Å². The van der Waals surface area contributed by atoms with Crippen LogP contribution in [0.25, 0.3) is 11.1 Å². The van der Waals surface area contributed by atoms with Gasteiger partial charge in [0.05, 0.1) is 5.69 Å². The van der Waals surface area contributed by atoms with Crippen molar-refractivity contribution < 1.29 is 0 Å². The minimum absolute atomic E-state index is 0. The number of nitrogen functional groups attached to an aromatic ring is 1. The van der Waals surface area contributed by atoms with Crippen LogP contribution in [0, 0.1) is 0 Å². The second-order valence-corrected chi connectivity index (χ2v) is 3.36. The molecule has 1 aromatic heterocycles. The minimum Gasteiger partial charge on any atom is -0.399 e. The Labute approximate surface area is 125 Å². The van der Waals surface area contributed by atoms with Crippen molar-refractivity contribution in [3.8, 4) is 11.1 Å². The van der Waals surface area contributed by atoms with Crippen LogP contribution < -0.4 is 11.5 Å². The van der Waals surface area contributed by atoms with Crippen LogP contribution in [-0.2, 0) is 6.54 Å². The van der Waals surface area contributed by atoms with Gasteiger partial charge in [-0.25, -0.2) is 0 Å². The molecule has 0 saturated heterocycles. The number of pyridine rings is 1. The van der Waals surface area contributed by atoms with Crippen molar-refractivity contribution in [3.63, 3.8) is 0 Å². The number of benzene rings is 1. The molecule has 0 aliphatic heterocycles. The van der Waals surface area contributed by atoms with Gasteiger partial charge in [-0.2, -0.15) is 0 Å². The lowest BCUT2D eigenvalue weighted by atomic mass is 10.1. The first-order valence-electron chi connectivity index (χ1n) is 4.80. The molecule has 1 heterocycles. The van der Waals surface area contributed by atoms with Gasteiger partial charge in [0.2, 0.25) is 0 Å². The van der Waals surface area contributed by atoms with Gasteiger partial charge in [-0.1, -0.05) is 18.2 Å². The van der Waals surface area contributed by atoms with E-state index >= 15 is 0 Å². The lowest BCUT2D eigenvalue weighted by Crippen LogP contribution is -1.98. The minimum atomic E-state index is 0. The Morgan fingerprint density at radius 1 is 0.833 bits per heavy atom. The van der Waals surface area contributed by atoms with E-state index in [9.17, 15) is 0 Å². The fourth-order valence-corrected chi connectivity index (χ4v) is 1.39. The fraction of sp³-hybridized carbons (Fsp3) is 0.0833. The lowest BCUT2D eigenvalue weighted by Gasteiger charge is -2.02. The first-order chi connectivity index (χ1) is 7.29. The summed E-state index contributed by atoms with van der Waals surface area (Å²) in [5.41, 5.74) is 15.0. The molecular formula is C12H16Cl3N3. The number of anilines is 1. The molecule has 6 heteroatoms. The highest BCUT2D eigenvalue weighted by Gasteiger charge is 1.97. The molecule has 2 aromatic rings. The van der Waals surface area contributed by atoms with Crippen LogP contribution in [0.4, 0.5) is 5.69 Å². The third-order valence-corrected chi connectivity index (χ3v) is 2.28. The smallest absolute Gasteiger partial charge is 0.0539 e. The van der Waals surface area contributed by atoms with Crippen molar-refractivity contribution in [2.75, 3.05) is 5.73 Å². The van der Waals surface area contributed by atoms with Crippen molar-refractivity contribution >= 4 is 42.9 Å². The summed E-state index contributed by atoms with van der Waals surface area (Å²) in [6.45, 7) is 0.474. The Bertz CT molecular complexity index is 443. The predicted molar refractivity (Wildman–Crippen MR) is 83.7 cm³/mol. The van der Waals surface area contributed by atoms with E-state index in [-0.39, 0.29) is 37.2 Å². The van der Waals surface area contributed by atoms with Gasteiger partial charge in [-0.3, -0.25) is 4.98 Å². The Morgan fingerprint density at radius 3 is 1.83 bits per heavy atom. The Kier molecular flexibility index (Phi) is 9.67. The van der Waals surface area contributed by atoms with E-state index in [2.05, 4.69) is 4.98 Å². The number of nitrogens with zero attached hydrogens (tertiary/aromatic N) is 1. The second kappa shape index (κ2) is 9.00. The number of halogens is 3. The Hall–Kier alpha value is -1.00. The third kappa shape index (κ3) is 4.70. The summed E-state index contributed by atoms with van der Waals surface area (Å²) in [5.74, 6) is 0. The number of hydrogen-bond acceptors (Lipinski definition) is 3. The summed E-state index contributed by atoms with van der Waals surface area (Å²) in [4.78, 5) is 4.24. The van der Waals surface area contributed by atoms with Crippen LogP contribution in [0.15, 0.2) is 42.6 Å². The molecule has 0 aliphatic rings. The molecule has 0 bridgehead atoms. The zero-order valence-corrected chi connectivity index (χ0v) is 12.0. The lowest BCUT2D eigenvalue weighted by molar-refractivity contribution is 0.991. The van der Waals surface area contributed by atoms with Gasteiger partial charge in [0.1, 0.15) is 0 Å². The van der Waals surface area contributed by atoms with Crippen LogP contribution in [0.5, 0.6) is 0 Å². The first-order valence-corrected chi connectivity index (χ1v) is 4.80. The summed E-state index contributed by atoms with van der Waals surface area (Å²) in [6.07, 6.45) is 1.83. The highest BCUT2D eigenvalue weighted by molar-refractivity contribution is 5.86. The average Bonchev–Trinajstić information content (AvgIpc) is 2.30. The number of aromatic nitrogens is 1. The molecule has 0 spiro atoms. The first kappa shape index (κ1) is 19.3. The van der Waals surface area contributed by atoms with Crippen LogP contribution in [0.1, 0.15) is 5.69 Å². The van der Waals surface area contributed by atoms with Crippen LogP contribution in [0.2, 0.25) is 0 Å². The standard InChI is InChI=1S/C12H13N3.3ClH/c13-7-12-6-3-10(8-15-12)9-1-4-11(14)5-2-9;;;/h1-6,8H,7,13-14H2;3*1H. The molecule has 100 valence electrons. The summed E-state index contributed by atoms with van der Waals surface area (Å²) in [6, 6.07) is 11.7. The molecule has 0 atom stereocenters. The number of hydrogen-bond donors (Lipinski definition) is 2. The molecular weight excluding hydrogens is 293 g/mol. The van der Waals surface area contributed by atoms with E-state index in [1.807, 2.05) is 42.6 Å². The zero-order chi connectivity index (χ0) is 10.7. The zero-order valence-electron chi connectivity index (χ0n) is 9.58. The van der Waals surface area contributed by atoms with Gasteiger partial charge in [-0.15, -0.1) is 37.2 Å². The van der Waals surface area contributed by atoms with Gasteiger partial charge in [0.25, 0.3) is 0 Å². The third-order valence-electron chi connectivity index (χ3n) is 2.28. The van der Waals surface area contributed by atoms with E-state index in [4.69, 9.17) is 11.5 Å². The molecule has 0 amide bonds. The van der Waals surface area contributed by atoms with Crippen molar-refractivity contribution in [2.45, 2.75) is 6.54 Å². The summed E-state index contributed by atoms with van der Waals surface area (Å²) >= 11 is 0. The predicted octanol–water partition coefficient (Wildman–Crippen LogP) is 3.05. The van der Waals surface area contributed by atoms with Gasteiger partial charge >= 0.3 is 0 Å². The molecule has 0 fully saturated rings. The molecule has 0 aliphatic carbocycles. The molecule has 0 saturated carbocycles. The second-order valence-electron chi connectivity index (χ2n) is 3.36. The topological polar surface area (TPSA) is 64.9 Å². The quantitative estimate of drug-likeness (QED) is 0.838. The average molecular weight is 309 g/mol.